The maximum absolute atomic E-state index is 12.0. The first-order chi connectivity index (χ1) is 4.20. The van der Waals surface area contributed by atoms with Gasteiger partial charge in [0.1, 0.15) is 5.82 Å². The van der Waals surface area contributed by atoms with Gasteiger partial charge in [-0.2, -0.15) is 4.39 Å². The minimum absolute atomic E-state index is 0.655. The Balaban J connectivity index is 3.17. The zero-order valence-corrected chi connectivity index (χ0v) is 4.31. The molecule has 0 aliphatic rings. The summed E-state index contributed by atoms with van der Waals surface area (Å²) < 4.78 is 23.9. The van der Waals surface area contributed by atoms with Crippen molar-refractivity contribution in [3.05, 3.63) is 24.0 Å². The van der Waals surface area contributed by atoms with E-state index in [1.54, 1.807) is 0 Å². The van der Waals surface area contributed by atoms with Crippen molar-refractivity contribution >= 4 is 0 Å². The third-order valence-electron chi connectivity index (χ3n) is 0.787. The summed E-state index contributed by atoms with van der Waals surface area (Å²) in [6.07, 6.45) is 0.690. The van der Waals surface area contributed by atoms with Crippen LogP contribution in [0.25, 0.3) is 0 Å². The van der Waals surface area contributed by atoms with Crippen LogP contribution in [0.5, 0.6) is 5.75 Å². The van der Waals surface area contributed by atoms with E-state index in [0.717, 1.165) is 0 Å². The average Bonchev–Trinajstić information content (AvgIpc) is 1.80. The maximum Gasteiger partial charge on any atom is 0.255 e. The molecule has 0 aliphatic heterocycles. The topological polar surface area (TPSA) is 33.1 Å². The first kappa shape index (κ1) is 5.94. The average molecular weight is 131 g/mol. The molecule has 48 valence electrons. The lowest BCUT2D eigenvalue weighted by Gasteiger charge is -1.90. The smallest absolute Gasteiger partial charge is 0.255 e. The van der Waals surface area contributed by atoms with Gasteiger partial charge in [-0.05, 0) is 0 Å². The quantitative estimate of drug-likeness (QED) is 0.534. The molecule has 0 radical (unpaired) electrons. The molecule has 1 rings (SSSR count). The zero-order chi connectivity index (χ0) is 6.85. The highest BCUT2D eigenvalue weighted by molar-refractivity contribution is 5.16. The van der Waals surface area contributed by atoms with Crippen molar-refractivity contribution in [3.8, 4) is 5.75 Å². The van der Waals surface area contributed by atoms with E-state index in [1.807, 2.05) is 0 Å². The van der Waals surface area contributed by atoms with Crippen LogP contribution in [0.1, 0.15) is 0 Å². The van der Waals surface area contributed by atoms with Crippen LogP contribution < -0.4 is 0 Å². The fourth-order valence-corrected chi connectivity index (χ4v) is 0.412. The Bertz CT molecular complexity index is 226. The van der Waals surface area contributed by atoms with Gasteiger partial charge in [0, 0.05) is 6.07 Å². The number of pyridine rings is 1. The van der Waals surface area contributed by atoms with Gasteiger partial charge in [0.15, 0.2) is 5.75 Å². The minimum Gasteiger partial charge on any atom is -0.504 e. The summed E-state index contributed by atoms with van der Waals surface area (Å²) in [5.41, 5.74) is 0. The fraction of sp³-hybridized carbons (Fsp3) is 0. The van der Waals surface area contributed by atoms with E-state index in [-0.39, 0.29) is 0 Å². The zero-order valence-electron chi connectivity index (χ0n) is 4.31. The molecule has 0 amide bonds. The van der Waals surface area contributed by atoms with E-state index in [4.69, 9.17) is 5.11 Å². The summed E-state index contributed by atoms with van der Waals surface area (Å²) in [5, 5.41) is 8.42. The molecule has 0 aliphatic carbocycles. The summed E-state index contributed by atoms with van der Waals surface area (Å²) in [6.45, 7) is 0. The van der Waals surface area contributed by atoms with Crippen molar-refractivity contribution in [2.24, 2.45) is 0 Å². The van der Waals surface area contributed by atoms with Crippen LogP contribution in [0.2, 0.25) is 0 Å². The van der Waals surface area contributed by atoms with Crippen molar-refractivity contribution in [1.29, 1.82) is 0 Å². The van der Waals surface area contributed by atoms with Crippen molar-refractivity contribution in [2.45, 2.75) is 0 Å². The molecule has 0 saturated heterocycles. The van der Waals surface area contributed by atoms with Crippen molar-refractivity contribution in [3.63, 3.8) is 0 Å². The lowest BCUT2D eigenvalue weighted by Crippen LogP contribution is -1.83. The van der Waals surface area contributed by atoms with Crippen molar-refractivity contribution in [1.82, 2.24) is 4.98 Å². The molecule has 4 heteroatoms. The summed E-state index contributed by atoms with van der Waals surface area (Å²) in [4.78, 5) is 2.89. The van der Waals surface area contributed by atoms with Gasteiger partial charge in [0.2, 0.25) is 0 Å². The van der Waals surface area contributed by atoms with Crippen molar-refractivity contribution in [2.75, 3.05) is 0 Å². The van der Waals surface area contributed by atoms with E-state index >= 15 is 0 Å². The lowest BCUT2D eigenvalue weighted by molar-refractivity contribution is 0.411. The first-order valence-corrected chi connectivity index (χ1v) is 2.20. The molecule has 0 bridgehead atoms. The second-order valence-electron chi connectivity index (χ2n) is 1.46. The van der Waals surface area contributed by atoms with Gasteiger partial charge in [-0.25, -0.2) is 9.37 Å². The van der Waals surface area contributed by atoms with Gasteiger partial charge in [0.25, 0.3) is 5.95 Å². The van der Waals surface area contributed by atoms with E-state index < -0.39 is 17.5 Å². The molecule has 0 atom stereocenters. The molecule has 0 fully saturated rings. The molecule has 0 spiro atoms. The van der Waals surface area contributed by atoms with Gasteiger partial charge < -0.3 is 5.11 Å². The van der Waals surface area contributed by atoms with Gasteiger partial charge >= 0.3 is 0 Å². The Hall–Kier alpha value is -1.19. The summed E-state index contributed by atoms with van der Waals surface area (Å²) in [6, 6.07) is 0.655. The van der Waals surface area contributed by atoms with E-state index in [0.29, 0.717) is 12.3 Å². The van der Waals surface area contributed by atoms with Crippen LogP contribution in [0.3, 0.4) is 0 Å². The lowest BCUT2D eigenvalue weighted by atomic mass is 10.4. The molecule has 1 N–H and O–H groups in total. The van der Waals surface area contributed by atoms with Crippen LogP contribution in [-0.2, 0) is 0 Å². The van der Waals surface area contributed by atoms with Crippen LogP contribution in [0.4, 0.5) is 8.78 Å². The second-order valence-corrected chi connectivity index (χ2v) is 1.46. The number of aromatic nitrogens is 1. The molecule has 0 unspecified atom stereocenters. The van der Waals surface area contributed by atoms with E-state index in [1.165, 1.54) is 0 Å². The Morgan fingerprint density at radius 3 is 2.56 bits per heavy atom. The molecule has 0 aromatic carbocycles. The largest absolute Gasteiger partial charge is 0.504 e. The molecule has 1 aromatic heterocycles. The Kier molecular flexibility index (Phi) is 1.30. The van der Waals surface area contributed by atoms with Crippen LogP contribution >= 0.6 is 0 Å². The summed E-state index contributed by atoms with van der Waals surface area (Å²) >= 11 is 0. The molecule has 1 aromatic rings. The summed E-state index contributed by atoms with van der Waals surface area (Å²) in [7, 11) is 0. The van der Waals surface area contributed by atoms with Gasteiger partial charge in [-0.15, -0.1) is 0 Å². The minimum atomic E-state index is -1.06. The third-order valence-corrected chi connectivity index (χ3v) is 0.787. The molecular formula is C5H3F2NO. The van der Waals surface area contributed by atoms with Crippen LogP contribution in [-0.4, -0.2) is 10.1 Å². The molecule has 1 heterocycles. The fourth-order valence-electron chi connectivity index (χ4n) is 0.412. The molecule has 2 nitrogen and oxygen atoms in total. The molecule has 9 heavy (non-hydrogen) atoms. The first-order valence-electron chi connectivity index (χ1n) is 2.20. The number of aromatic hydroxyl groups is 1. The Morgan fingerprint density at radius 2 is 2.11 bits per heavy atom. The molecule has 0 saturated carbocycles. The highest BCUT2D eigenvalue weighted by Crippen LogP contribution is 2.11. The number of hydrogen-bond acceptors (Lipinski definition) is 2. The third kappa shape index (κ3) is 1.13. The van der Waals surface area contributed by atoms with Gasteiger partial charge in [0.05, 0.1) is 6.20 Å². The number of halogens is 2. The standard InChI is InChI=1S/C5H3F2NO/c6-3-1-4(9)5(7)8-2-3/h1-2,9H. The molecular weight excluding hydrogens is 128 g/mol. The predicted octanol–water partition coefficient (Wildman–Crippen LogP) is 1.07. The number of nitrogens with zero attached hydrogens (tertiary/aromatic N) is 1. The predicted molar refractivity (Wildman–Crippen MR) is 25.8 cm³/mol. The van der Waals surface area contributed by atoms with Crippen LogP contribution in [0, 0.1) is 11.8 Å². The SMILES string of the molecule is Oc1cc(F)cnc1F. The highest BCUT2D eigenvalue weighted by Gasteiger charge is 2.00. The van der Waals surface area contributed by atoms with Gasteiger partial charge in [-0.3, -0.25) is 0 Å². The normalized spacial score (nSPS) is 9.56. The highest BCUT2D eigenvalue weighted by atomic mass is 19.1. The number of hydrogen-bond donors (Lipinski definition) is 1. The van der Waals surface area contributed by atoms with Gasteiger partial charge in [-0.1, -0.05) is 0 Å². The Morgan fingerprint density at radius 1 is 1.44 bits per heavy atom. The number of rotatable bonds is 0. The van der Waals surface area contributed by atoms with Crippen LogP contribution in [0.15, 0.2) is 12.3 Å². The maximum atomic E-state index is 12.0. The van der Waals surface area contributed by atoms with Crippen molar-refractivity contribution < 1.29 is 13.9 Å². The summed E-state index contributed by atoms with van der Waals surface area (Å²) in [5.74, 6) is -2.58. The Labute approximate surface area is 49.8 Å². The second kappa shape index (κ2) is 1.97. The van der Waals surface area contributed by atoms with E-state index in [2.05, 4.69) is 4.98 Å². The monoisotopic (exact) mass is 131 g/mol. The van der Waals surface area contributed by atoms with E-state index in [9.17, 15) is 8.78 Å².